The van der Waals surface area contributed by atoms with Crippen molar-refractivity contribution in [2.75, 3.05) is 6.54 Å². The van der Waals surface area contributed by atoms with E-state index in [2.05, 4.69) is 17.4 Å². The number of hydrogen-bond acceptors (Lipinski definition) is 1. The average molecular weight is 222 g/mol. The van der Waals surface area contributed by atoms with Crippen molar-refractivity contribution in [3.8, 4) is 0 Å². The molecule has 1 saturated carbocycles. The van der Waals surface area contributed by atoms with Crippen molar-refractivity contribution in [3.63, 3.8) is 0 Å². The van der Waals surface area contributed by atoms with Crippen molar-refractivity contribution < 1.29 is 0 Å². The van der Waals surface area contributed by atoms with E-state index >= 15 is 0 Å². The maximum atomic E-state index is 5.93. The fourth-order valence-electron chi connectivity index (χ4n) is 2.91. The molecule has 3 rings (SSSR count). The third kappa shape index (κ3) is 1.58. The predicted octanol–water partition coefficient (Wildman–Crippen LogP) is 3.12. The molecule has 2 heteroatoms. The van der Waals surface area contributed by atoms with Crippen LogP contribution >= 0.6 is 11.6 Å². The molecule has 1 aromatic rings. The predicted molar refractivity (Wildman–Crippen MR) is 63.4 cm³/mol. The van der Waals surface area contributed by atoms with Crippen molar-refractivity contribution in [1.29, 1.82) is 0 Å². The number of rotatable bonds is 2. The first-order valence-corrected chi connectivity index (χ1v) is 6.18. The van der Waals surface area contributed by atoms with Crippen LogP contribution in [0, 0.1) is 0 Å². The Bertz CT molecular complexity index is 347. The van der Waals surface area contributed by atoms with E-state index in [0.717, 1.165) is 5.02 Å². The summed E-state index contributed by atoms with van der Waals surface area (Å²) in [5.74, 6) is 0. The van der Waals surface area contributed by atoms with Gasteiger partial charge in [0, 0.05) is 16.5 Å². The van der Waals surface area contributed by atoms with E-state index in [9.17, 15) is 0 Å². The largest absolute Gasteiger partial charge is 0.313 e. The van der Waals surface area contributed by atoms with E-state index in [1.807, 2.05) is 12.1 Å². The van der Waals surface area contributed by atoms with Crippen molar-refractivity contribution in [1.82, 2.24) is 5.32 Å². The Balaban J connectivity index is 1.89. The second-order valence-corrected chi connectivity index (χ2v) is 5.25. The molecule has 1 aromatic carbocycles. The standard InChI is InChI=1S/C13H16ClN/c14-11-5-3-10(4-6-11)13(7-8-13)12-2-1-9-15-12/h3-6,12,15H,1-2,7-9H2. The summed E-state index contributed by atoms with van der Waals surface area (Å²) >= 11 is 5.93. The maximum absolute atomic E-state index is 5.93. The molecule has 2 fully saturated rings. The van der Waals surface area contributed by atoms with Gasteiger partial charge in [0.05, 0.1) is 0 Å². The van der Waals surface area contributed by atoms with Gasteiger partial charge in [-0.05, 0) is 49.9 Å². The quantitative estimate of drug-likeness (QED) is 0.809. The smallest absolute Gasteiger partial charge is 0.0406 e. The highest BCUT2D eigenvalue weighted by Crippen LogP contribution is 2.52. The molecular weight excluding hydrogens is 206 g/mol. The summed E-state index contributed by atoms with van der Waals surface area (Å²) in [5, 5.41) is 4.48. The Kier molecular flexibility index (Phi) is 2.26. The van der Waals surface area contributed by atoms with Gasteiger partial charge in [-0.1, -0.05) is 23.7 Å². The minimum absolute atomic E-state index is 0.446. The highest BCUT2D eigenvalue weighted by atomic mass is 35.5. The normalized spacial score (nSPS) is 27.9. The maximum Gasteiger partial charge on any atom is 0.0406 e. The highest BCUT2D eigenvalue weighted by Gasteiger charge is 2.50. The van der Waals surface area contributed by atoms with Gasteiger partial charge in [0.25, 0.3) is 0 Å². The van der Waals surface area contributed by atoms with E-state index in [4.69, 9.17) is 11.6 Å². The lowest BCUT2D eigenvalue weighted by atomic mass is 9.87. The molecule has 2 aliphatic rings. The Labute approximate surface area is 95.8 Å². The van der Waals surface area contributed by atoms with Crippen LogP contribution in [0.15, 0.2) is 24.3 Å². The molecule has 1 nitrogen and oxygen atoms in total. The minimum Gasteiger partial charge on any atom is -0.313 e. The third-order valence-electron chi connectivity index (χ3n) is 3.94. The SMILES string of the molecule is Clc1ccc(C2(C3CCCN3)CC2)cc1. The molecule has 1 N–H and O–H groups in total. The van der Waals surface area contributed by atoms with Crippen LogP contribution in [-0.4, -0.2) is 12.6 Å². The van der Waals surface area contributed by atoms with Crippen LogP contribution < -0.4 is 5.32 Å². The van der Waals surface area contributed by atoms with E-state index in [0.29, 0.717) is 11.5 Å². The topological polar surface area (TPSA) is 12.0 Å². The summed E-state index contributed by atoms with van der Waals surface area (Å²) in [5.41, 5.74) is 1.92. The molecule has 0 aromatic heterocycles. The first-order valence-electron chi connectivity index (χ1n) is 5.81. The summed E-state index contributed by atoms with van der Waals surface area (Å²) in [6.07, 6.45) is 5.35. The Morgan fingerprint density at radius 3 is 2.47 bits per heavy atom. The first kappa shape index (κ1) is 9.68. The lowest BCUT2D eigenvalue weighted by Gasteiger charge is -2.23. The second kappa shape index (κ2) is 3.50. The summed E-state index contributed by atoms with van der Waals surface area (Å²) in [7, 11) is 0. The molecule has 1 saturated heterocycles. The van der Waals surface area contributed by atoms with Crippen molar-refractivity contribution >= 4 is 11.6 Å². The second-order valence-electron chi connectivity index (χ2n) is 4.81. The zero-order valence-corrected chi connectivity index (χ0v) is 9.56. The number of hydrogen-bond donors (Lipinski definition) is 1. The van der Waals surface area contributed by atoms with E-state index in [1.54, 1.807) is 0 Å². The van der Waals surface area contributed by atoms with Crippen molar-refractivity contribution in [2.24, 2.45) is 0 Å². The molecular formula is C13H16ClN. The first-order chi connectivity index (χ1) is 7.31. The van der Waals surface area contributed by atoms with E-state index in [-0.39, 0.29) is 0 Å². The summed E-state index contributed by atoms with van der Waals surface area (Å²) in [4.78, 5) is 0. The van der Waals surface area contributed by atoms with E-state index < -0.39 is 0 Å². The number of halogens is 1. The molecule has 0 radical (unpaired) electrons. The molecule has 1 atom stereocenters. The van der Waals surface area contributed by atoms with Gasteiger partial charge in [0.1, 0.15) is 0 Å². The van der Waals surface area contributed by atoms with Gasteiger partial charge in [-0.25, -0.2) is 0 Å². The summed E-state index contributed by atoms with van der Waals surface area (Å²) in [6, 6.07) is 9.15. The van der Waals surface area contributed by atoms with Crippen LogP contribution in [0.4, 0.5) is 0 Å². The molecule has 0 amide bonds. The van der Waals surface area contributed by atoms with Gasteiger partial charge < -0.3 is 5.32 Å². The van der Waals surface area contributed by atoms with Gasteiger partial charge in [-0.3, -0.25) is 0 Å². The van der Waals surface area contributed by atoms with Gasteiger partial charge >= 0.3 is 0 Å². The van der Waals surface area contributed by atoms with Crippen LogP contribution in [0.5, 0.6) is 0 Å². The lowest BCUT2D eigenvalue weighted by Crippen LogP contribution is -2.34. The van der Waals surface area contributed by atoms with Crippen LogP contribution in [-0.2, 0) is 5.41 Å². The molecule has 0 bridgehead atoms. The molecule has 1 unspecified atom stereocenters. The highest BCUT2D eigenvalue weighted by molar-refractivity contribution is 6.30. The van der Waals surface area contributed by atoms with Crippen LogP contribution in [0.1, 0.15) is 31.2 Å². The van der Waals surface area contributed by atoms with Crippen LogP contribution in [0.3, 0.4) is 0 Å². The summed E-state index contributed by atoms with van der Waals surface area (Å²) < 4.78 is 0. The monoisotopic (exact) mass is 221 g/mol. The van der Waals surface area contributed by atoms with Crippen LogP contribution in [0.2, 0.25) is 5.02 Å². The molecule has 15 heavy (non-hydrogen) atoms. The number of benzene rings is 1. The lowest BCUT2D eigenvalue weighted by molar-refractivity contribution is 0.473. The molecule has 1 aliphatic heterocycles. The fraction of sp³-hybridized carbons (Fsp3) is 0.538. The molecule has 80 valence electrons. The molecule has 1 aliphatic carbocycles. The average Bonchev–Trinajstić information content (AvgIpc) is 2.88. The van der Waals surface area contributed by atoms with Crippen molar-refractivity contribution in [2.45, 2.75) is 37.1 Å². The number of nitrogens with one attached hydrogen (secondary N) is 1. The van der Waals surface area contributed by atoms with Gasteiger partial charge in [0.2, 0.25) is 0 Å². The Morgan fingerprint density at radius 1 is 1.20 bits per heavy atom. The Hall–Kier alpha value is -0.530. The summed E-state index contributed by atoms with van der Waals surface area (Å²) in [6.45, 7) is 1.19. The molecule has 0 spiro atoms. The fourth-order valence-corrected chi connectivity index (χ4v) is 3.04. The zero-order chi connectivity index (χ0) is 10.3. The van der Waals surface area contributed by atoms with Crippen LogP contribution in [0.25, 0.3) is 0 Å². The third-order valence-corrected chi connectivity index (χ3v) is 4.19. The van der Waals surface area contributed by atoms with Crippen molar-refractivity contribution in [3.05, 3.63) is 34.9 Å². The Morgan fingerprint density at radius 2 is 1.93 bits per heavy atom. The zero-order valence-electron chi connectivity index (χ0n) is 8.80. The van der Waals surface area contributed by atoms with E-state index in [1.165, 1.54) is 37.8 Å². The van der Waals surface area contributed by atoms with Gasteiger partial charge in [0.15, 0.2) is 0 Å². The van der Waals surface area contributed by atoms with Gasteiger partial charge in [-0.2, -0.15) is 0 Å². The minimum atomic E-state index is 0.446. The molecule has 1 heterocycles. The van der Waals surface area contributed by atoms with Gasteiger partial charge in [-0.15, -0.1) is 0 Å².